The number of benzene rings is 2. The van der Waals surface area contributed by atoms with Crippen molar-refractivity contribution in [1.29, 1.82) is 5.26 Å². The number of hydrogen-bond acceptors (Lipinski definition) is 3. The first-order chi connectivity index (χ1) is 9.15. The molecule has 96 valence electrons. The Hall–Kier alpha value is -2.05. The lowest BCUT2D eigenvalue weighted by Gasteiger charge is -2.10. The summed E-state index contributed by atoms with van der Waals surface area (Å²) in [5.41, 5.74) is 0.763. The van der Waals surface area contributed by atoms with Crippen molar-refractivity contribution in [2.45, 2.75) is 12.3 Å². The lowest BCUT2D eigenvalue weighted by Crippen LogP contribution is -2.05. The molecule has 0 saturated heterocycles. The summed E-state index contributed by atoms with van der Waals surface area (Å²) in [5, 5.41) is 10.2. The number of rotatable bonds is 4. The van der Waals surface area contributed by atoms with Gasteiger partial charge in [0.2, 0.25) is 5.24 Å². The fraction of sp³-hybridized carbons (Fsp3) is 0.200. The zero-order valence-electron chi connectivity index (χ0n) is 10.4. The third kappa shape index (κ3) is 2.86. The van der Waals surface area contributed by atoms with E-state index in [0.717, 1.165) is 22.1 Å². The zero-order valence-corrected chi connectivity index (χ0v) is 11.1. The van der Waals surface area contributed by atoms with Gasteiger partial charge in [-0.2, -0.15) is 5.26 Å². The third-order valence-corrected chi connectivity index (χ3v) is 3.31. The van der Waals surface area contributed by atoms with Crippen LogP contribution in [0.3, 0.4) is 0 Å². The van der Waals surface area contributed by atoms with Crippen molar-refractivity contribution in [2.24, 2.45) is 0 Å². The molecule has 0 amide bonds. The van der Waals surface area contributed by atoms with Crippen LogP contribution in [-0.2, 0) is 4.79 Å². The summed E-state index contributed by atoms with van der Waals surface area (Å²) in [6, 6.07) is 13.3. The molecule has 0 radical (unpaired) electrons. The van der Waals surface area contributed by atoms with Crippen molar-refractivity contribution < 1.29 is 9.53 Å². The molecule has 0 heterocycles. The molecule has 4 heteroatoms. The van der Waals surface area contributed by atoms with Crippen LogP contribution < -0.4 is 4.74 Å². The number of nitrogens with zero attached hydrogens (tertiary/aromatic N) is 1. The molecule has 2 aromatic carbocycles. The highest BCUT2D eigenvalue weighted by atomic mass is 35.5. The fourth-order valence-electron chi connectivity index (χ4n) is 2.01. The van der Waals surface area contributed by atoms with Crippen LogP contribution >= 0.6 is 11.6 Å². The quantitative estimate of drug-likeness (QED) is 0.800. The van der Waals surface area contributed by atoms with Crippen LogP contribution in [0.4, 0.5) is 0 Å². The van der Waals surface area contributed by atoms with Gasteiger partial charge in [-0.1, -0.05) is 24.3 Å². The first-order valence-corrected chi connectivity index (χ1v) is 6.17. The smallest absolute Gasteiger partial charge is 0.230 e. The molecule has 2 aromatic rings. The molecule has 19 heavy (non-hydrogen) atoms. The van der Waals surface area contributed by atoms with Crippen molar-refractivity contribution in [3.05, 3.63) is 42.0 Å². The van der Waals surface area contributed by atoms with Gasteiger partial charge in [-0.3, -0.25) is 4.79 Å². The van der Waals surface area contributed by atoms with Gasteiger partial charge in [0.05, 0.1) is 25.5 Å². The molecular formula is C15H12ClNO2. The maximum absolute atomic E-state index is 11.4. The van der Waals surface area contributed by atoms with E-state index in [1.807, 2.05) is 42.5 Å². The highest BCUT2D eigenvalue weighted by Gasteiger charge is 2.18. The van der Waals surface area contributed by atoms with Crippen LogP contribution in [0, 0.1) is 11.3 Å². The summed E-state index contributed by atoms with van der Waals surface area (Å²) < 4.78 is 5.16. The minimum absolute atomic E-state index is 0.0873. The van der Waals surface area contributed by atoms with Gasteiger partial charge in [0.1, 0.15) is 5.75 Å². The van der Waals surface area contributed by atoms with E-state index in [2.05, 4.69) is 0 Å². The molecule has 0 aliphatic rings. The molecule has 2 rings (SSSR count). The Labute approximate surface area is 116 Å². The first kappa shape index (κ1) is 13.4. The predicted molar refractivity (Wildman–Crippen MR) is 74.3 cm³/mol. The monoisotopic (exact) mass is 273 g/mol. The maximum Gasteiger partial charge on any atom is 0.230 e. The number of nitriles is 1. The number of fused-ring (bicyclic) bond motifs is 1. The maximum atomic E-state index is 11.4. The molecule has 0 spiro atoms. The lowest BCUT2D eigenvalue weighted by molar-refractivity contribution is -0.112. The van der Waals surface area contributed by atoms with Crippen molar-refractivity contribution in [1.82, 2.24) is 0 Å². The molecule has 0 aromatic heterocycles. The molecule has 0 saturated carbocycles. The number of methoxy groups -OCH3 is 1. The highest BCUT2D eigenvalue weighted by Crippen LogP contribution is 2.27. The normalized spacial score (nSPS) is 11.8. The number of carbonyl (C=O) groups is 1. The Morgan fingerprint density at radius 1 is 1.32 bits per heavy atom. The molecule has 0 unspecified atom stereocenters. The van der Waals surface area contributed by atoms with Gasteiger partial charge < -0.3 is 4.74 Å². The average Bonchev–Trinajstić information content (AvgIpc) is 2.43. The van der Waals surface area contributed by atoms with Gasteiger partial charge >= 0.3 is 0 Å². The molecule has 0 aliphatic carbocycles. The Balaban J connectivity index is 2.46. The number of carbonyl (C=O) groups excluding carboxylic acids is 1. The molecule has 0 fully saturated rings. The second kappa shape index (κ2) is 5.73. The van der Waals surface area contributed by atoms with Gasteiger partial charge in [-0.05, 0) is 40.1 Å². The molecule has 0 bridgehead atoms. The topological polar surface area (TPSA) is 50.1 Å². The summed E-state index contributed by atoms with van der Waals surface area (Å²) >= 11 is 5.55. The summed E-state index contributed by atoms with van der Waals surface area (Å²) in [6.07, 6.45) is 0.0873. The summed E-state index contributed by atoms with van der Waals surface area (Å²) in [6.45, 7) is 0. The largest absolute Gasteiger partial charge is 0.497 e. The predicted octanol–water partition coefficient (Wildman–Crippen LogP) is 3.61. The van der Waals surface area contributed by atoms with E-state index >= 15 is 0 Å². The number of ether oxygens (including phenoxy) is 1. The van der Waals surface area contributed by atoms with Crippen molar-refractivity contribution in [3.63, 3.8) is 0 Å². The third-order valence-electron chi connectivity index (χ3n) is 3.04. The highest BCUT2D eigenvalue weighted by molar-refractivity contribution is 6.64. The van der Waals surface area contributed by atoms with Crippen molar-refractivity contribution in [3.8, 4) is 11.8 Å². The van der Waals surface area contributed by atoms with E-state index in [9.17, 15) is 4.79 Å². The Kier molecular flexibility index (Phi) is 4.03. The van der Waals surface area contributed by atoms with E-state index in [1.165, 1.54) is 0 Å². The second-order valence-electron chi connectivity index (χ2n) is 4.19. The minimum Gasteiger partial charge on any atom is -0.497 e. The van der Waals surface area contributed by atoms with Crippen LogP contribution in [0.15, 0.2) is 36.4 Å². The molecule has 3 nitrogen and oxygen atoms in total. The van der Waals surface area contributed by atoms with E-state index in [4.69, 9.17) is 21.6 Å². The second-order valence-corrected chi connectivity index (χ2v) is 4.56. The van der Waals surface area contributed by atoms with E-state index < -0.39 is 11.2 Å². The summed E-state index contributed by atoms with van der Waals surface area (Å²) in [5.74, 6) is 0.209. The van der Waals surface area contributed by atoms with Gasteiger partial charge in [0.15, 0.2) is 0 Å². The van der Waals surface area contributed by atoms with Gasteiger partial charge in [0.25, 0.3) is 0 Å². The van der Waals surface area contributed by atoms with Crippen LogP contribution in [0.2, 0.25) is 0 Å². The first-order valence-electron chi connectivity index (χ1n) is 5.79. The standard InChI is InChI=1S/C15H12ClNO2/c1-19-13-5-4-10-8-12(3-2-11(10)9-13)14(6-7-17)15(16)18/h2-5,8-9,14H,6H2,1H3/t14-/m0/s1. The lowest BCUT2D eigenvalue weighted by atomic mass is 9.95. The van der Waals surface area contributed by atoms with Crippen LogP contribution in [-0.4, -0.2) is 12.4 Å². The molecular weight excluding hydrogens is 262 g/mol. The molecule has 0 aliphatic heterocycles. The summed E-state index contributed by atoms with van der Waals surface area (Å²) in [4.78, 5) is 11.4. The van der Waals surface area contributed by atoms with Gasteiger partial charge in [0, 0.05) is 0 Å². The Morgan fingerprint density at radius 2 is 2.00 bits per heavy atom. The van der Waals surface area contributed by atoms with Crippen LogP contribution in [0.25, 0.3) is 10.8 Å². The molecule has 0 N–H and O–H groups in total. The Bertz CT molecular complexity index is 661. The van der Waals surface area contributed by atoms with Gasteiger partial charge in [-0.15, -0.1) is 0 Å². The van der Waals surface area contributed by atoms with Gasteiger partial charge in [-0.25, -0.2) is 0 Å². The Morgan fingerprint density at radius 3 is 2.63 bits per heavy atom. The van der Waals surface area contributed by atoms with Crippen LogP contribution in [0.1, 0.15) is 17.9 Å². The SMILES string of the molecule is COc1ccc2cc([C@H](CC#N)C(=O)Cl)ccc2c1. The number of halogens is 1. The van der Waals surface area contributed by atoms with E-state index in [0.29, 0.717) is 0 Å². The zero-order chi connectivity index (χ0) is 13.8. The van der Waals surface area contributed by atoms with Crippen molar-refractivity contribution >= 4 is 27.6 Å². The minimum atomic E-state index is -0.571. The van der Waals surface area contributed by atoms with E-state index in [-0.39, 0.29) is 6.42 Å². The number of hydrogen-bond donors (Lipinski definition) is 0. The fourth-order valence-corrected chi connectivity index (χ4v) is 2.21. The summed E-state index contributed by atoms with van der Waals surface area (Å²) in [7, 11) is 1.62. The average molecular weight is 274 g/mol. The van der Waals surface area contributed by atoms with E-state index in [1.54, 1.807) is 7.11 Å². The molecule has 1 atom stereocenters. The van der Waals surface area contributed by atoms with Crippen molar-refractivity contribution in [2.75, 3.05) is 7.11 Å². The van der Waals surface area contributed by atoms with Crippen LogP contribution in [0.5, 0.6) is 5.75 Å².